The summed E-state index contributed by atoms with van der Waals surface area (Å²) in [6, 6.07) is 15.7. The van der Waals surface area contributed by atoms with Gasteiger partial charge in [-0.15, -0.1) is 10.2 Å². The first-order valence-electron chi connectivity index (χ1n) is 11.5. The molecule has 0 atom stereocenters. The maximum atomic E-state index is 12.9. The van der Waals surface area contributed by atoms with Gasteiger partial charge in [0.05, 0.1) is 14.2 Å². The number of aryl methyl sites for hydroxylation is 1. The van der Waals surface area contributed by atoms with Crippen molar-refractivity contribution in [1.82, 2.24) is 20.1 Å². The first-order valence-corrected chi connectivity index (χ1v) is 11.5. The van der Waals surface area contributed by atoms with Crippen LogP contribution in [0.4, 0.5) is 0 Å². The van der Waals surface area contributed by atoms with Crippen LogP contribution >= 0.6 is 0 Å². The van der Waals surface area contributed by atoms with Crippen LogP contribution in [0.1, 0.15) is 31.2 Å². The van der Waals surface area contributed by atoms with Crippen molar-refractivity contribution in [3.8, 4) is 23.1 Å². The van der Waals surface area contributed by atoms with Crippen molar-refractivity contribution in [1.29, 1.82) is 0 Å². The molecule has 4 aromatic rings. The van der Waals surface area contributed by atoms with E-state index in [4.69, 9.17) is 13.9 Å². The molecule has 8 heteroatoms. The molecule has 2 aromatic heterocycles. The van der Waals surface area contributed by atoms with Crippen LogP contribution in [0.3, 0.4) is 0 Å². The number of hydrogen-bond acceptors (Lipinski definition) is 6. The first kappa shape index (κ1) is 23.4. The monoisotopic (exact) mass is 462 g/mol. The van der Waals surface area contributed by atoms with E-state index in [1.165, 1.54) is 0 Å². The fraction of sp³-hybridized carbons (Fsp3) is 0.346. The molecule has 1 amide bonds. The van der Waals surface area contributed by atoms with Crippen LogP contribution in [0, 0.1) is 0 Å². The molecule has 2 heterocycles. The molecule has 0 radical (unpaired) electrons. The van der Waals surface area contributed by atoms with E-state index in [9.17, 15) is 4.79 Å². The first-order chi connectivity index (χ1) is 16.6. The molecule has 4 rings (SSSR count). The fourth-order valence-corrected chi connectivity index (χ4v) is 3.93. The predicted octanol–water partition coefficient (Wildman–Crippen LogP) is 4.41. The summed E-state index contributed by atoms with van der Waals surface area (Å²) < 4.78 is 18.5. The molecule has 34 heavy (non-hydrogen) atoms. The highest BCUT2D eigenvalue weighted by molar-refractivity contribution is 5.88. The van der Waals surface area contributed by atoms with Crippen molar-refractivity contribution in [3.05, 3.63) is 60.0 Å². The molecule has 0 fully saturated rings. The summed E-state index contributed by atoms with van der Waals surface area (Å²) in [6.45, 7) is 2.78. The number of hydrogen-bond donors (Lipinski definition) is 1. The summed E-state index contributed by atoms with van der Waals surface area (Å²) in [7, 11) is 3.22. The summed E-state index contributed by atoms with van der Waals surface area (Å²) in [5, 5.41) is 12.5. The Balaban J connectivity index is 1.46. The number of unbranched alkanes of at least 4 members (excludes halogenated alkanes) is 1. The molecule has 0 unspecified atom stereocenters. The van der Waals surface area contributed by atoms with E-state index in [0.29, 0.717) is 36.2 Å². The van der Waals surface area contributed by atoms with Crippen LogP contribution in [-0.2, 0) is 24.2 Å². The van der Waals surface area contributed by atoms with E-state index >= 15 is 0 Å². The Hall–Kier alpha value is -3.81. The molecular weight excluding hydrogens is 432 g/mol. The minimum absolute atomic E-state index is 0.0891. The Labute approximate surface area is 198 Å². The second-order valence-electron chi connectivity index (χ2n) is 8.07. The highest BCUT2D eigenvalue weighted by atomic mass is 16.5. The number of rotatable bonds is 11. The van der Waals surface area contributed by atoms with E-state index < -0.39 is 0 Å². The number of methoxy groups -OCH3 is 2. The molecule has 1 N–H and O–H groups in total. The quantitative estimate of drug-likeness (QED) is 0.355. The van der Waals surface area contributed by atoms with Crippen molar-refractivity contribution in [2.75, 3.05) is 20.8 Å². The number of benzene rings is 2. The van der Waals surface area contributed by atoms with Crippen LogP contribution in [0.25, 0.3) is 22.5 Å². The van der Waals surface area contributed by atoms with Crippen molar-refractivity contribution < 1.29 is 18.7 Å². The van der Waals surface area contributed by atoms with Gasteiger partial charge in [-0.3, -0.25) is 4.79 Å². The van der Waals surface area contributed by atoms with Crippen LogP contribution in [0.5, 0.6) is 11.5 Å². The molecule has 0 aliphatic carbocycles. The Bertz CT molecular complexity index is 1260. The van der Waals surface area contributed by atoms with Gasteiger partial charge in [-0.05, 0) is 42.7 Å². The number of nitrogens with zero attached hydrogens (tertiary/aromatic N) is 3. The molecule has 0 bridgehead atoms. The Morgan fingerprint density at radius 1 is 1.03 bits per heavy atom. The molecule has 178 valence electrons. The fourth-order valence-electron chi connectivity index (χ4n) is 3.93. The van der Waals surface area contributed by atoms with Crippen molar-refractivity contribution in [3.63, 3.8) is 0 Å². The van der Waals surface area contributed by atoms with E-state index in [-0.39, 0.29) is 12.5 Å². The summed E-state index contributed by atoms with van der Waals surface area (Å²) in [4.78, 5) is 12.9. The van der Waals surface area contributed by atoms with Gasteiger partial charge in [-0.25, -0.2) is 0 Å². The Morgan fingerprint density at radius 3 is 2.65 bits per heavy atom. The molecule has 0 saturated carbocycles. The molecule has 0 aliphatic heterocycles. The Kier molecular flexibility index (Phi) is 7.47. The summed E-state index contributed by atoms with van der Waals surface area (Å²) in [5.41, 5.74) is 2.74. The molecular formula is C26H30N4O4. The predicted molar refractivity (Wildman–Crippen MR) is 130 cm³/mol. The van der Waals surface area contributed by atoms with E-state index in [1.54, 1.807) is 14.2 Å². The minimum atomic E-state index is -0.0891. The van der Waals surface area contributed by atoms with Gasteiger partial charge in [0.25, 0.3) is 5.89 Å². The second kappa shape index (κ2) is 10.9. The van der Waals surface area contributed by atoms with E-state index in [2.05, 4.69) is 22.4 Å². The highest BCUT2D eigenvalue weighted by Gasteiger charge is 2.18. The lowest BCUT2D eigenvalue weighted by Gasteiger charge is -2.11. The van der Waals surface area contributed by atoms with Crippen LogP contribution in [-0.4, -0.2) is 41.4 Å². The maximum absolute atomic E-state index is 12.9. The van der Waals surface area contributed by atoms with Gasteiger partial charge < -0.3 is 23.8 Å². The lowest BCUT2D eigenvalue weighted by Crippen LogP contribution is -2.29. The van der Waals surface area contributed by atoms with Crippen molar-refractivity contribution in [2.45, 2.75) is 39.2 Å². The summed E-state index contributed by atoms with van der Waals surface area (Å²) in [5.74, 6) is 2.32. The van der Waals surface area contributed by atoms with Gasteiger partial charge >= 0.3 is 0 Å². The number of ether oxygens (including phenoxy) is 2. The SMILES string of the molecule is CCCCc1nnc(-c2cc3ccccc3n2CC(=O)NCCc2ccc(OC)c(OC)c2)o1. The number of para-hydroxylation sites is 1. The van der Waals surface area contributed by atoms with Crippen LogP contribution in [0.15, 0.2) is 52.9 Å². The largest absolute Gasteiger partial charge is 0.493 e. The zero-order valence-electron chi connectivity index (χ0n) is 19.8. The third kappa shape index (κ3) is 5.22. The third-order valence-electron chi connectivity index (χ3n) is 5.73. The smallest absolute Gasteiger partial charge is 0.264 e. The average molecular weight is 463 g/mol. The number of aromatic nitrogens is 3. The van der Waals surface area contributed by atoms with Gasteiger partial charge in [-0.1, -0.05) is 37.6 Å². The van der Waals surface area contributed by atoms with Gasteiger partial charge in [0.2, 0.25) is 11.8 Å². The molecule has 8 nitrogen and oxygen atoms in total. The van der Waals surface area contributed by atoms with Crippen LogP contribution in [0.2, 0.25) is 0 Å². The van der Waals surface area contributed by atoms with Crippen molar-refractivity contribution in [2.24, 2.45) is 0 Å². The molecule has 2 aromatic carbocycles. The highest BCUT2D eigenvalue weighted by Crippen LogP contribution is 2.29. The Morgan fingerprint density at radius 2 is 1.85 bits per heavy atom. The third-order valence-corrected chi connectivity index (χ3v) is 5.73. The maximum Gasteiger partial charge on any atom is 0.264 e. The number of amides is 1. The lowest BCUT2D eigenvalue weighted by molar-refractivity contribution is -0.121. The number of fused-ring (bicyclic) bond motifs is 1. The van der Waals surface area contributed by atoms with E-state index in [0.717, 1.165) is 41.4 Å². The second-order valence-corrected chi connectivity index (χ2v) is 8.07. The average Bonchev–Trinajstić information content (AvgIpc) is 3.47. The van der Waals surface area contributed by atoms with Gasteiger partial charge in [0.15, 0.2) is 11.5 Å². The summed E-state index contributed by atoms with van der Waals surface area (Å²) in [6.07, 6.45) is 3.48. The number of carbonyl (C=O) groups is 1. The van der Waals surface area contributed by atoms with Gasteiger partial charge in [0.1, 0.15) is 12.2 Å². The van der Waals surface area contributed by atoms with Gasteiger partial charge in [0, 0.05) is 23.9 Å². The number of nitrogens with one attached hydrogen (secondary N) is 1. The zero-order valence-corrected chi connectivity index (χ0v) is 19.8. The molecule has 0 aliphatic rings. The van der Waals surface area contributed by atoms with Crippen molar-refractivity contribution >= 4 is 16.8 Å². The van der Waals surface area contributed by atoms with E-state index in [1.807, 2.05) is 53.1 Å². The number of carbonyl (C=O) groups excluding carboxylic acids is 1. The summed E-state index contributed by atoms with van der Waals surface area (Å²) >= 11 is 0. The minimum Gasteiger partial charge on any atom is -0.493 e. The zero-order chi connectivity index (χ0) is 23.9. The lowest BCUT2D eigenvalue weighted by atomic mass is 10.1. The van der Waals surface area contributed by atoms with Gasteiger partial charge in [-0.2, -0.15) is 0 Å². The molecule has 0 spiro atoms. The standard InChI is InChI=1S/C26H30N4O4/c1-4-5-10-25-28-29-26(34-25)21-16-19-8-6-7-9-20(19)30(21)17-24(31)27-14-13-18-11-12-22(32-2)23(15-18)33-3/h6-9,11-12,15-16H,4-5,10,13-14,17H2,1-3H3,(H,27,31). The topological polar surface area (TPSA) is 91.4 Å². The molecule has 0 saturated heterocycles. The normalized spacial score (nSPS) is 11.0. The van der Waals surface area contributed by atoms with Crippen LogP contribution < -0.4 is 14.8 Å².